The van der Waals surface area contributed by atoms with Crippen molar-refractivity contribution in [3.63, 3.8) is 0 Å². The molecular weight excluding hydrogens is 308 g/mol. The average Bonchev–Trinajstić information content (AvgIpc) is 2.48. The molecule has 0 bridgehead atoms. The van der Waals surface area contributed by atoms with Crippen LogP contribution in [0.1, 0.15) is 12.5 Å². The molecule has 100 valence electrons. The zero-order valence-electron chi connectivity index (χ0n) is 11.5. The maximum Gasteiger partial charge on any atom is 0.0187 e. The van der Waals surface area contributed by atoms with Crippen molar-refractivity contribution in [3.05, 3.63) is 89.5 Å². The molecule has 0 nitrogen and oxygen atoms in total. The Morgan fingerprint density at radius 2 is 1.80 bits per heavy atom. The standard InChI is InChI=1S/C19H17Br/c1-3-5-9-15(4-2)17-12-18(14-19(20)13-17)16-10-7-6-8-11-16/h3-14H,1H2,2H3/b9-5-,15-4+. The van der Waals surface area contributed by atoms with Crippen molar-refractivity contribution in [2.75, 3.05) is 0 Å². The molecule has 0 aliphatic heterocycles. The summed E-state index contributed by atoms with van der Waals surface area (Å²) in [5.41, 5.74) is 4.81. The Hall–Kier alpha value is -1.86. The Kier molecular flexibility index (Phi) is 5.14. The van der Waals surface area contributed by atoms with Gasteiger partial charge in [-0.05, 0) is 47.4 Å². The summed E-state index contributed by atoms with van der Waals surface area (Å²) >= 11 is 3.60. The van der Waals surface area contributed by atoms with Crippen molar-refractivity contribution < 1.29 is 0 Å². The first-order chi connectivity index (χ1) is 9.74. The van der Waals surface area contributed by atoms with E-state index in [1.54, 1.807) is 6.08 Å². The molecule has 0 unspecified atom stereocenters. The van der Waals surface area contributed by atoms with E-state index in [9.17, 15) is 0 Å². The van der Waals surface area contributed by atoms with Crippen molar-refractivity contribution in [1.29, 1.82) is 0 Å². The van der Waals surface area contributed by atoms with Gasteiger partial charge in [-0.3, -0.25) is 0 Å². The van der Waals surface area contributed by atoms with Gasteiger partial charge in [0.25, 0.3) is 0 Å². The van der Waals surface area contributed by atoms with E-state index in [0.717, 1.165) is 4.47 Å². The number of rotatable bonds is 4. The van der Waals surface area contributed by atoms with E-state index in [4.69, 9.17) is 0 Å². The fourth-order valence-corrected chi connectivity index (χ4v) is 2.58. The average molecular weight is 325 g/mol. The molecule has 0 aromatic heterocycles. The highest BCUT2D eigenvalue weighted by Gasteiger charge is 2.04. The monoisotopic (exact) mass is 324 g/mol. The Balaban J connectivity index is 2.49. The first-order valence-electron chi connectivity index (χ1n) is 6.56. The lowest BCUT2D eigenvalue weighted by molar-refractivity contribution is 1.54. The highest BCUT2D eigenvalue weighted by molar-refractivity contribution is 9.10. The molecule has 0 saturated heterocycles. The van der Waals surface area contributed by atoms with Crippen molar-refractivity contribution in [1.82, 2.24) is 0 Å². The van der Waals surface area contributed by atoms with Gasteiger partial charge in [0.2, 0.25) is 0 Å². The lowest BCUT2D eigenvalue weighted by Gasteiger charge is -2.08. The van der Waals surface area contributed by atoms with Gasteiger partial charge in [-0.2, -0.15) is 0 Å². The lowest BCUT2D eigenvalue weighted by atomic mass is 9.98. The normalized spacial score (nSPS) is 11.8. The van der Waals surface area contributed by atoms with Gasteiger partial charge in [0.05, 0.1) is 0 Å². The maximum absolute atomic E-state index is 3.72. The highest BCUT2D eigenvalue weighted by Crippen LogP contribution is 2.28. The van der Waals surface area contributed by atoms with Crippen LogP contribution in [-0.2, 0) is 0 Å². The van der Waals surface area contributed by atoms with Gasteiger partial charge in [0.15, 0.2) is 0 Å². The summed E-state index contributed by atoms with van der Waals surface area (Å²) in [4.78, 5) is 0. The molecule has 0 amide bonds. The Labute approximate surface area is 129 Å². The fourth-order valence-electron chi connectivity index (χ4n) is 2.08. The van der Waals surface area contributed by atoms with Gasteiger partial charge in [0.1, 0.15) is 0 Å². The van der Waals surface area contributed by atoms with Gasteiger partial charge < -0.3 is 0 Å². The molecule has 0 aliphatic carbocycles. The van der Waals surface area contributed by atoms with Gasteiger partial charge in [0, 0.05) is 4.47 Å². The van der Waals surface area contributed by atoms with Crippen LogP contribution in [0.5, 0.6) is 0 Å². The van der Waals surface area contributed by atoms with Gasteiger partial charge in [-0.1, -0.05) is 77.1 Å². The van der Waals surface area contributed by atoms with Crippen LogP contribution in [0.25, 0.3) is 16.7 Å². The quantitative estimate of drug-likeness (QED) is 0.582. The summed E-state index contributed by atoms with van der Waals surface area (Å²) in [6, 6.07) is 16.9. The third-order valence-corrected chi connectivity index (χ3v) is 3.52. The van der Waals surface area contributed by atoms with E-state index in [1.807, 2.05) is 19.1 Å². The van der Waals surface area contributed by atoms with Crippen molar-refractivity contribution >= 4 is 21.5 Å². The second-order valence-electron chi connectivity index (χ2n) is 4.43. The molecule has 0 aliphatic rings. The van der Waals surface area contributed by atoms with Crippen molar-refractivity contribution in [2.24, 2.45) is 0 Å². The smallest absolute Gasteiger partial charge is 0.0187 e. The Morgan fingerprint density at radius 1 is 1.05 bits per heavy atom. The van der Waals surface area contributed by atoms with Crippen LogP contribution in [-0.4, -0.2) is 0 Å². The molecular formula is C19H17Br. The molecule has 20 heavy (non-hydrogen) atoms. The molecule has 1 heteroatoms. The molecule has 0 atom stereocenters. The summed E-state index contributed by atoms with van der Waals surface area (Å²) in [6.07, 6.45) is 7.93. The molecule has 0 N–H and O–H groups in total. The molecule has 0 radical (unpaired) electrons. The van der Waals surface area contributed by atoms with Crippen LogP contribution < -0.4 is 0 Å². The molecule has 0 saturated carbocycles. The fraction of sp³-hybridized carbons (Fsp3) is 0.0526. The molecule has 0 heterocycles. The second kappa shape index (κ2) is 7.06. The Morgan fingerprint density at radius 3 is 2.45 bits per heavy atom. The van der Waals surface area contributed by atoms with E-state index in [0.29, 0.717) is 0 Å². The number of hydrogen-bond donors (Lipinski definition) is 0. The van der Waals surface area contributed by atoms with Crippen molar-refractivity contribution in [2.45, 2.75) is 6.92 Å². The summed E-state index contributed by atoms with van der Waals surface area (Å²) < 4.78 is 1.08. The van der Waals surface area contributed by atoms with Crippen LogP contribution in [0.3, 0.4) is 0 Å². The minimum atomic E-state index is 1.08. The summed E-state index contributed by atoms with van der Waals surface area (Å²) in [7, 11) is 0. The van der Waals surface area contributed by atoms with E-state index < -0.39 is 0 Å². The van der Waals surface area contributed by atoms with Crippen LogP contribution in [0, 0.1) is 0 Å². The predicted octanol–water partition coefficient (Wildman–Crippen LogP) is 6.26. The van der Waals surface area contributed by atoms with Gasteiger partial charge in [-0.15, -0.1) is 0 Å². The SMILES string of the molecule is C=C/C=C\C(=C/C)c1cc(Br)cc(-c2ccccc2)c1. The van der Waals surface area contributed by atoms with E-state index in [1.165, 1.54) is 22.3 Å². The highest BCUT2D eigenvalue weighted by atomic mass is 79.9. The largest absolute Gasteiger partial charge is 0.0991 e. The summed E-state index contributed by atoms with van der Waals surface area (Å²) in [5, 5.41) is 0. The van der Waals surface area contributed by atoms with Crippen LogP contribution in [0.2, 0.25) is 0 Å². The second-order valence-corrected chi connectivity index (χ2v) is 5.35. The van der Waals surface area contributed by atoms with Crippen molar-refractivity contribution in [3.8, 4) is 11.1 Å². The maximum atomic E-state index is 3.72. The van der Waals surface area contributed by atoms with Crippen LogP contribution in [0.15, 0.2) is 83.9 Å². The molecule has 2 aromatic carbocycles. The molecule has 0 fully saturated rings. The number of benzene rings is 2. The topological polar surface area (TPSA) is 0 Å². The molecule has 0 spiro atoms. The van der Waals surface area contributed by atoms with Gasteiger partial charge >= 0.3 is 0 Å². The zero-order chi connectivity index (χ0) is 14.4. The third kappa shape index (κ3) is 3.58. The molecule has 2 rings (SSSR count). The molecule has 2 aromatic rings. The number of hydrogen-bond acceptors (Lipinski definition) is 0. The van der Waals surface area contributed by atoms with E-state index in [-0.39, 0.29) is 0 Å². The zero-order valence-corrected chi connectivity index (χ0v) is 13.1. The number of halogens is 1. The number of allylic oxidation sites excluding steroid dienone is 5. The van der Waals surface area contributed by atoms with Gasteiger partial charge in [-0.25, -0.2) is 0 Å². The predicted molar refractivity (Wildman–Crippen MR) is 92.6 cm³/mol. The van der Waals surface area contributed by atoms with Crippen LogP contribution >= 0.6 is 15.9 Å². The minimum absolute atomic E-state index is 1.08. The van der Waals surface area contributed by atoms with Crippen LogP contribution in [0.4, 0.5) is 0 Å². The third-order valence-electron chi connectivity index (χ3n) is 3.06. The van der Waals surface area contributed by atoms with E-state index in [2.05, 4.69) is 77.1 Å². The lowest BCUT2D eigenvalue weighted by Crippen LogP contribution is -1.85. The Bertz CT molecular complexity index is 649. The minimum Gasteiger partial charge on any atom is -0.0991 e. The van der Waals surface area contributed by atoms with E-state index >= 15 is 0 Å². The summed E-state index contributed by atoms with van der Waals surface area (Å²) in [6.45, 7) is 5.77. The summed E-state index contributed by atoms with van der Waals surface area (Å²) in [5.74, 6) is 0. The first-order valence-corrected chi connectivity index (χ1v) is 7.35. The first kappa shape index (κ1) is 14.5.